The van der Waals surface area contributed by atoms with Crippen LogP contribution < -0.4 is 9.46 Å². The molecule has 0 amide bonds. The van der Waals surface area contributed by atoms with Crippen molar-refractivity contribution < 1.29 is 22.6 Å². The molecule has 1 aliphatic rings. The lowest BCUT2D eigenvalue weighted by atomic mass is 10.2. The van der Waals surface area contributed by atoms with Crippen LogP contribution in [0.25, 0.3) is 0 Å². The standard InChI is InChI=1S/C14H21NO5S/c1-11-10-12(18-2)4-5-13(11)21(16,17)15-7-6-14-19-8-3-9-20-14/h4-5,10,14-15H,3,6-9H2,1-2H3. The number of rotatable bonds is 6. The summed E-state index contributed by atoms with van der Waals surface area (Å²) in [5, 5.41) is 0. The van der Waals surface area contributed by atoms with E-state index < -0.39 is 10.0 Å². The van der Waals surface area contributed by atoms with Crippen LogP contribution in [-0.2, 0) is 19.5 Å². The van der Waals surface area contributed by atoms with Gasteiger partial charge in [0.05, 0.1) is 25.2 Å². The quantitative estimate of drug-likeness (QED) is 0.860. The van der Waals surface area contributed by atoms with Gasteiger partial charge in [0, 0.05) is 13.0 Å². The monoisotopic (exact) mass is 315 g/mol. The van der Waals surface area contributed by atoms with E-state index in [1.54, 1.807) is 32.2 Å². The van der Waals surface area contributed by atoms with Crippen molar-refractivity contribution in [3.05, 3.63) is 23.8 Å². The third-order valence-corrected chi connectivity index (χ3v) is 4.86. The smallest absolute Gasteiger partial charge is 0.240 e. The summed E-state index contributed by atoms with van der Waals surface area (Å²) in [5.41, 5.74) is 0.645. The van der Waals surface area contributed by atoms with Crippen molar-refractivity contribution in [2.45, 2.75) is 31.0 Å². The molecule has 0 spiro atoms. The van der Waals surface area contributed by atoms with E-state index in [4.69, 9.17) is 14.2 Å². The van der Waals surface area contributed by atoms with Gasteiger partial charge in [-0.25, -0.2) is 13.1 Å². The molecule has 0 aliphatic carbocycles. The summed E-state index contributed by atoms with van der Waals surface area (Å²) in [5.74, 6) is 0.635. The average Bonchev–Trinajstić information content (AvgIpc) is 2.47. The minimum atomic E-state index is -3.53. The fourth-order valence-electron chi connectivity index (χ4n) is 2.14. The van der Waals surface area contributed by atoms with Crippen LogP contribution in [0.1, 0.15) is 18.4 Å². The Morgan fingerprint density at radius 3 is 2.67 bits per heavy atom. The molecule has 2 rings (SSSR count). The number of hydrogen-bond acceptors (Lipinski definition) is 5. The summed E-state index contributed by atoms with van der Waals surface area (Å²) in [4.78, 5) is 0.258. The van der Waals surface area contributed by atoms with Gasteiger partial charge in [0.1, 0.15) is 5.75 Å². The molecule has 1 aliphatic heterocycles. The van der Waals surface area contributed by atoms with Crippen molar-refractivity contribution in [3.8, 4) is 5.75 Å². The van der Waals surface area contributed by atoms with Crippen LogP contribution in [0.15, 0.2) is 23.1 Å². The van der Waals surface area contributed by atoms with Gasteiger partial charge in [-0.05, 0) is 37.1 Å². The van der Waals surface area contributed by atoms with Gasteiger partial charge in [-0.1, -0.05) is 0 Å². The molecule has 7 heteroatoms. The highest BCUT2D eigenvalue weighted by molar-refractivity contribution is 7.89. The number of benzene rings is 1. The Balaban J connectivity index is 1.94. The zero-order valence-corrected chi connectivity index (χ0v) is 13.1. The van der Waals surface area contributed by atoms with E-state index in [1.165, 1.54) is 0 Å². The zero-order chi connectivity index (χ0) is 15.3. The van der Waals surface area contributed by atoms with Crippen molar-refractivity contribution in [3.63, 3.8) is 0 Å². The fourth-order valence-corrected chi connectivity index (χ4v) is 3.41. The van der Waals surface area contributed by atoms with E-state index in [9.17, 15) is 8.42 Å². The molecule has 1 N–H and O–H groups in total. The number of ether oxygens (including phenoxy) is 3. The van der Waals surface area contributed by atoms with Crippen molar-refractivity contribution >= 4 is 10.0 Å². The van der Waals surface area contributed by atoms with Crippen molar-refractivity contribution in [2.75, 3.05) is 26.9 Å². The van der Waals surface area contributed by atoms with Gasteiger partial charge in [0.2, 0.25) is 10.0 Å². The minimum absolute atomic E-state index is 0.258. The molecule has 0 bridgehead atoms. The molecule has 1 aromatic carbocycles. The molecule has 1 saturated heterocycles. The first kappa shape index (κ1) is 16.2. The Kier molecular flexibility index (Phi) is 5.58. The first-order chi connectivity index (χ1) is 10.0. The Bertz CT molecular complexity index is 567. The van der Waals surface area contributed by atoms with Gasteiger partial charge >= 0.3 is 0 Å². The van der Waals surface area contributed by atoms with E-state index >= 15 is 0 Å². The maximum atomic E-state index is 12.3. The lowest BCUT2D eigenvalue weighted by molar-refractivity contribution is -0.180. The number of nitrogens with one attached hydrogen (secondary N) is 1. The highest BCUT2D eigenvalue weighted by Gasteiger charge is 2.19. The Hall–Kier alpha value is -1.15. The van der Waals surface area contributed by atoms with Gasteiger partial charge in [-0.2, -0.15) is 0 Å². The molecule has 0 atom stereocenters. The van der Waals surface area contributed by atoms with E-state index in [2.05, 4.69) is 4.72 Å². The average molecular weight is 315 g/mol. The molecular formula is C14H21NO5S. The third kappa shape index (κ3) is 4.41. The summed E-state index contributed by atoms with van der Waals surface area (Å²) in [6.45, 7) is 3.34. The molecule has 118 valence electrons. The maximum Gasteiger partial charge on any atom is 0.240 e. The van der Waals surface area contributed by atoms with Crippen LogP contribution in [0.4, 0.5) is 0 Å². The van der Waals surface area contributed by atoms with Gasteiger partial charge in [-0.15, -0.1) is 0 Å². The molecule has 6 nitrogen and oxygen atoms in total. The van der Waals surface area contributed by atoms with Crippen LogP contribution in [0.2, 0.25) is 0 Å². The van der Waals surface area contributed by atoms with Crippen LogP contribution in [0, 0.1) is 6.92 Å². The first-order valence-electron chi connectivity index (χ1n) is 6.90. The Morgan fingerprint density at radius 2 is 2.05 bits per heavy atom. The maximum absolute atomic E-state index is 12.3. The largest absolute Gasteiger partial charge is 0.497 e. The third-order valence-electron chi connectivity index (χ3n) is 3.24. The van der Waals surface area contributed by atoms with Crippen molar-refractivity contribution in [2.24, 2.45) is 0 Å². The normalized spacial score (nSPS) is 16.9. The van der Waals surface area contributed by atoms with E-state index in [0.29, 0.717) is 30.9 Å². The second kappa shape index (κ2) is 7.22. The molecule has 0 aromatic heterocycles. The molecule has 1 aromatic rings. The van der Waals surface area contributed by atoms with E-state index in [-0.39, 0.29) is 17.7 Å². The van der Waals surface area contributed by atoms with Crippen molar-refractivity contribution in [1.29, 1.82) is 0 Å². The lowest BCUT2D eigenvalue weighted by Gasteiger charge is -2.23. The summed E-state index contributed by atoms with van der Waals surface area (Å²) in [6.07, 6.45) is 1.06. The molecule has 0 saturated carbocycles. The van der Waals surface area contributed by atoms with Gasteiger partial charge in [-0.3, -0.25) is 0 Å². The number of aryl methyl sites for hydroxylation is 1. The fraction of sp³-hybridized carbons (Fsp3) is 0.571. The van der Waals surface area contributed by atoms with Crippen LogP contribution >= 0.6 is 0 Å². The predicted molar refractivity (Wildman–Crippen MR) is 77.8 cm³/mol. The summed E-state index contributed by atoms with van der Waals surface area (Å²) >= 11 is 0. The van der Waals surface area contributed by atoms with Crippen LogP contribution in [0.3, 0.4) is 0 Å². The SMILES string of the molecule is COc1ccc(S(=O)(=O)NCCC2OCCCO2)c(C)c1. The first-order valence-corrected chi connectivity index (χ1v) is 8.39. The van der Waals surface area contributed by atoms with Gasteiger partial charge in [0.15, 0.2) is 6.29 Å². The molecule has 0 unspecified atom stereocenters. The highest BCUT2D eigenvalue weighted by Crippen LogP contribution is 2.20. The summed E-state index contributed by atoms with van der Waals surface area (Å²) < 4.78 is 42.9. The molecule has 0 radical (unpaired) electrons. The number of methoxy groups -OCH3 is 1. The molecule has 1 fully saturated rings. The van der Waals surface area contributed by atoms with Gasteiger partial charge < -0.3 is 14.2 Å². The Labute approximate surface area is 125 Å². The second-order valence-corrected chi connectivity index (χ2v) is 6.58. The topological polar surface area (TPSA) is 73.9 Å². The van der Waals surface area contributed by atoms with Gasteiger partial charge in [0.25, 0.3) is 0 Å². The molecular weight excluding hydrogens is 294 g/mol. The molecule has 1 heterocycles. The number of sulfonamides is 1. The predicted octanol–water partition coefficient (Wildman–Crippen LogP) is 1.44. The molecule has 21 heavy (non-hydrogen) atoms. The lowest BCUT2D eigenvalue weighted by Crippen LogP contribution is -2.32. The highest BCUT2D eigenvalue weighted by atomic mass is 32.2. The summed E-state index contributed by atoms with van der Waals surface area (Å²) in [6, 6.07) is 4.88. The number of hydrogen-bond donors (Lipinski definition) is 1. The summed E-state index contributed by atoms with van der Waals surface area (Å²) in [7, 11) is -1.99. The van der Waals surface area contributed by atoms with Crippen LogP contribution in [0.5, 0.6) is 5.75 Å². The Morgan fingerprint density at radius 1 is 1.33 bits per heavy atom. The second-order valence-electron chi connectivity index (χ2n) is 4.84. The zero-order valence-electron chi connectivity index (χ0n) is 12.3. The minimum Gasteiger partial charge on any atom is -0.497 e. The van der Waals surface area contributed by atoms with E-state index in [0.717, 1.165) is 6.42 Å². The van der Waals surface area contributed by atoms with Crippen molar-refractivity contribution in [1.82, 2.24) is 4.72 Å². The van der Waals surface area contributed by atoms with Crippen LogP contribution in [-0.4, -0.2) is 41.6 Å². The van der Waals surface area contributed by atoms with E-state index in [1.807, 2.05) is 0 Å².